The molecule has 3 nitrogen and oxygen atoms in total. The van der Waals surface area contributed by atoms with Gasteiger partial charge < -0.3 is 9.84 Å². The lowest BCUT2D eigenvalue weighted by molar-refractivity contribution is -0.137. The van der Waals surface area contributed by atoms with Crippen molar-refractivity contribution in [3.8, 4) is 5.75 Å². The molecule has 2 fully saturated rings. The molecule has 2 aromatic carbocycles. The Hall–Kier alpha value is -2.36. The monoisotopic (exact) mass is 424 g/mol. The maximum atomic E-state index is 14.3. The Labute approximate surface area is 184 Å². The molecule has 0 amide bonds. The summed E-state index contributed by atoms with van der Waals surface area (Å²) in [7, 11) is 1.62. The second kappa shape index (κ2) is 9.84. The van der Waals surface area contributed by atoms with Crippen molar-refractivity contribution in [1.82, 2.24) is 0 Å². The van der Waals surface area contributed by atoms with Crippen LogP contribution in [-0.2, 0) is 11.2 Å². The number of carbonyl (C=O) groups is 1. The van der Waals surface area contributed by atoms with Crippen LogP contribution in [-0.4, -0.2) is 18.2 Å². The van der Waals surface area contributed by atoms with Crippen molar-refractivity contribution < 1.29 is 19.0 Å². The fourth-order valence-electron chi connectivity index (χ4n) is 5.32. The molecule has 2 saturated carbocycles. The highest BCUT2D eigenvalue weighted by molar-refractivity contribution is 5.68. The van der Waals surface area contributed by atoms with Crippen molar-refractivity contribution in [1.29, 1.82) is 0 Å². The van der Waals surface area contributed by atoms with E-state index in [-0.39, 0.29) is 24.1 Å². The normalized spacial score (nSPS) is 22.1. The summed E-state index contributed by atoms with van der Waals surface area (Å²) in [4.78, 5) is 11.3. The molecule has 0 unspecified atom stereocenters. The number of aliphatic carboxylic acids is 1. The van der Waals surface area contributed by atoms with Crippen molar-refractivity contribution in [2.75, 3.05) is 7.11 Å². The Morgan fingerprint density at radius 1 is 1.10 bits per heavy atom. The van der Waals surface area contributed by atoms with Gasteiger partial charge in [-0.25, -0.2) is 4.39 Å². The largest absolute Gasteiger partial charge is 0.497 e. The molecule has 0 radical (unpaired) electrons. The first kappa shape index (κ1) is 21.9. The number of hydrogen-bond donors (Lipinski definition) is 1. The van der Waals surface area contributed by atoms with Gasteiger partial charge in [0.2, 0.25) is 0 Å². The third-order valence-corrected chi connectivity index (χ3v) is 7.30. The molecular formula is C27H33FO3. The van der Waals surface area contributed by atoms with E-state index in [2.05, 4.69) is 24.3 Å². The third-order valence-electron chi connectivity index (χ3n) is 7.30. The highest BCUT2D eigenvalue weighted by Crippen LogP contribution is 2.45. The van der Waals surface area contributed by atoms with Crippen LogP contribution in [0.5, 0.6) is 5.75 Å². The number of methoxy groups -OCH3 is 1. The molecule has 2 aliphatic carbocycles. The fourth-order valence-corrected chi connectivity index (χ4v) is 5.32. The molecule has 4 heteroatoms. The number of benzene rings is 2. The van der Waals surface area contributed by atoms with Gasteiger partial charge in [0.05, 0.1) is 13.5 Å². The predicted molar refractivity (Wildman–Crippen MR) is 120 cm³/mol. The van der Waals surface area contributed by atoms with Gasteiger partial charge in [0, 0.05) is 0 Å². The summed E-state index contributed by atoms with van der Waals surface area (Å²) >= 11 is 0. The van der Waals surface area contributed by atoms with Crippen LogP contribution < -0.4 is 4.74 Å². The van der Waals surface area contributed by atoms with Crippen LogP contribution in [0.15, 0.2) is 42.5 Å². The minimum atomic E-state index is -0.702. The summed E-state index contributed by atoms with van der Waals surface area (Å²) in [5.41, 5.74) is 3.31. The number of halogens is 1. The maximum Gasteiger partial charge on any atom is 0.303 e. The zero-order chi connectivity index (χ0) is 21.8. The van der Waals surface area contributed by atoms with E-state index >= 15 is 0 Å². The van der Waals surface area contributed by atoms with Crippen LogP contribution in [0.2, 0.25) is 0 Å². The Bertz CT molecular complexity index is 897. The average Bonchev–Trinajstić information content (AvgIpc) is 3.62. The summed E-state index contributed by atoms with van der Waals surface area (Å²) in [6.07, 6.45) is 9.02. The molecule has 0 saturated heterocycles. The van der Waals surface area contributed by atoms with Crippen LogP contribution in [0.3, 0.4) is 0 Å². The van der Waals surface area contributed by atoms with Gasteiger partial charge in [-0.2, -0.15) is 0 Å². The summed E-state index contributed by atoms with van der Waals surface area (Å²) < 4.78 is 19.6. The molecule has 166 valence electrons. The van der Waals surface area contributed by atoms with Gasteiger partial charge in [0.25, 0.3) is 0 Å². The third kappa shape index (κ3) is 5.66. The van der Waals surface area contributed by atoms with Gasteiger partial charge in [-0.1, -0.05) is 24.3 Å². The van der Waals surface area contributed by atoms with Crippen molar-refractivity contribution >= 4 is 5.97 Å². The summed E-state index contributed by atoms with van der Waals surface area (Å²) in [5, 5.41) is 9.28. The Morgan fingerprint density at radius 3 is 2.55 bits per heavy atom. The first-order valence-electron chi connectivity index (χ1n) is 11.7. The number of carboxylic acids is 1. The molecular weight excluding hydrogens is 391 g/mol. The van der Waals surface area contributed by atoms with Gasteiger partial charge in [-0.15, -0.1) is 0 Å². The van der Waals surface area contributed by atoms with Crippen molar-refractivity contribution in [2.24, 2.45) is 11.8 Å². The van der Waals surface area contributed by atoms with Crippen LogP contribution in [0.25, 0.3) is 0 Å². The zero-order valence-corrected chi connectivity index (χ0v) is 18.4. The molecule has 2 aliphatic rings. The minimum Gasteiger partial charge on any atom is -0.497 e. The van der Waals surface area contributed by atoms with Crippen molar-refractivity contribution in [2.45, 2.75) is 69.6 Å². The lowest BCUT2D eigenvalue weighted by Crippen LogP contribution is -2.15. The molecule has 1 N–H and O–H groups in total. The lowest BCUT2D eigenvalue weighted by atomic mass is 9.76. The smallest absolute Gasteiger partial charge is 0.303 e. The number of hydrogen-bond acceptors (Lipinski definition) is 2. The van der Waals surface area contributed by atoms with E-state index < -0.39 is 5.97 Å². The Balaban J connectivity index is 1.31. The molecule has 1 atom stereocenters. The van der Waals surface area contributed by atoms with E-state index in [9.17, 15) is 14.3 Å². The molecule has 0 bridgehead atoms. The molecule has 0 aromatic heterocycles. The van der Waals surface area contributed by atoms with Gasteiger partial charge in [-0.3, -0.25) is 4.79 Å². The summed E-state index contributed by atoms with van der Waals surface area (Å²) in [6.45, 7) is 0. The van der Waals surface area contributed by atoms with E-state index in [0.29, 0.717) is 11.8 Å². The molecule has 0 aliphatic heterocycles. The maximum absolute atomic E-state index is 14.3. The van der Waals surface area contributed by atoms with E-state index in [4.69, 9.17) is 4.74 Å². The standard InChI is InChI=1S/C27H33FO3/c1-31-23-13-14-26(28)25(16-23)21-9-7-18(8-10-21)5-6-19-3-2-4-22(15-19)24(17-27(29)30)20-11-12-20/h2-4,13-16,18,20-21,24H,5-12,17H2,1H3,(H,29,30)/t18-,21-,24-/m0/s1. The number of rotatable bonds is 9. The fraction of sp³-hybridized carbons (Fsp3) is 0.519. The lowest BCUT2D eigenvalue weighted by Gasteiger charge is -2.29. The van der Waals surface area contributed by atoms with Crippen LogP contribution in [0.1, 0.15) is 79.9 Å². The zero-order valence-electron chi connectivity index (χ0n) is 18.4. The highest BCUT2D eigenvalue weighted by atomic mass is 19.1. The second-order valence-corrected chi connectivity index (χ2v) is 9.43. The van der Waals surface area contributed by atoms with E-state index in [1.165, 1.54) is 17.2 Å². The van der Waals surface area contributed by atoms with E-state index in [1.807, 2.05) is 6.07 Å². The quantitative estimate of drug-likeness (QED) is 0.487. The van der Waals surface area contributed by atoms with Crippen LogP contribution in [0, 0.1) is 17.7 Å². The first-order valence-corrected chi connectivity index (χ1v) is 11.7. The second-order valence-electron chi connectivity index (χ2n) is 9.43. The number of carboxylic acid groups (broad SMARTS) is 1. The first-order chi connectivity index (χ1) is 15.0. The molecule has 2 aromatic rings. The molecule has 0 heterocycles. The Kier molecular flexibility index (Phi) is 6.94. The highest BCUT2D eigenvalue weighted by Gasteiger charge is 2.33. The number of aryl methyl sites for hydroxylation is 1. The van der Waals surface area contributed by atoms with Gasteiger partial charge >= 0.3 is 5.97 Å². The average molecular weight is 425 g/mol. The topological polar surface area (TPSA) is 46.5 Å². The summed E-state index contributed by atoms with van der Waals surface area (Å²) in [6, 6.07) is 13.7. The Morgan fingerprint density at radius 2 is 1.87 bits per heavy atom. The van der Waals surface area contributed by atoms with Crippen LogP contribution in [0.4, 0.5) is 4.39 Å². The van der Waals surface area contributed by atoms with Gasteiger partial charge in [0.15, 0.2) is 0 Å². The van der Waals surface area contributed by atoms with Gasteiger partial charge in [0.1, 0.15) is 11.6 Å². The molecule has 31 heavy (non-hydrogen) atoms. The van der Waals surface area contributed by atoms with Crippen LogP contribution >= 0.6 is 0 Å². The molecule has 4 rings (SSSR count). The summed E-state index contributed by atoms with van der Waals surface area (Å²) in [5.74, 6) is 1.56. The SMILES string of the molecule is COc1ccc(F)c([C@H]2CC[C@H](CCc3cccc([C@@H](CC(=O)O)C4CC4)c3)CC2)c1. The number of ether oxygens (including phenoxy) is 1. The van der Waals surface area contributed by atoms with Gasteiger partial charge in [-0.05, 0) is 110 Å². The van der Waals surface area contributed by atoms with Crippen molar-refractivity contribution in [3.63, 3.8) is 0 Å². The van der Waals surface area contributed by atoms with E-state index in [0.717, 1.165) is 62.7 Å². The van der Waals surface area contributed by atoms with E-state index in [1.54, 1.807) is 13.2 Å². The predicted octanol–water partition coefficient (Wildman–Crippen LogP) is 6.71. The van der Waals surface area contributed by atoms with Crippen molar-refractivity contribution in [3.05, 3.63) is 65.0 Å². The molecule has 0 spiro atoms. The minimum absolute atomic E-state index is 0.118.